The van der Waals surface area contributed by atoms with E-state index in [0.29, 0.717) is 12.0 Å². The van der Waals surface area contributed by atoms with Crippen LogP contribution in [0.15, 0.2) is 12.2 Å². The Labute approximate surface area is 240 Å². The number of ether oxygens (including phenoxy) is 4. The fourth-order valence-electron chi connectivity index (χ4n) is 6.87. The van der Waals surface area contributed by atoms with Crippen molar-refractivity contribution < 1.29 is 48.3 Å². The number of esters is 4. The van der Waals surface area contributed by atoms with Crippen LogP contribution in [0.3, 0.4) is 0 Å². The van der Waals surface area contributed by atoms with Crippen LogP contribution in [0.25, 0.3) is 0 Å². The zero-order valence-electron chi connectivity index (χ0n) is 24.2. The predicted octanol–water partition coefficient (Wildman–Crippen LogP) is 3.37. The number of hydrogen-bond donors (Lipinski definition) is 2. The zero-order chi connectivity index (χ0) is 30.2. The molecule has 2 aliphatic carbocycles. The van der Waals surface area contributed by atoms with E-state index in [2.05, 4.69) is 6.58 Å². The van der Waals surface area contributed by atoms with Gasteiger partial charge in [0.15, 0.2) is 11.7 Å². The van der Waals surface area contributed by atoms with Crippen molar-refractivity contribution in [3.8, 4) is 0 Å². The summed E-state index contributed by atoms with van der Waals surface area (Å²) in [4.78, 5) is 50.7. The fraction of sp³-hybridized carbons (Fsp3) is 0.793. The molecule has 1 aliphatic heterocycles. The summed E-state index contributed by atoms with van der Waals surface area (Å²) >= 11 is 6.77. The monoisotopic (exact) mass is 586 g/mol. The zero-order valence-corrected chi connectivity index (χ0v) is 25.0. The summed E-state index contributed by atoms with van der Waals surface area (Å²) in [6, 6.07) is 0. The molecule has 11 heteroatoms. The van der Waals surface area contributed by atoms with Gasteiger partial charge in [-0.3, -0.25) is 19.2 Å². The molecule has 0 spiro atoms. The summed E-state index contributed by atoms with van der Waals surface area (Å²) in [5, 5.41) is 23.7. The van der Waals surface area contributed by atoms with Crippen molar-refractivity contribution >= 4 is 35.5 Å². The molecule has 0 aromatic carbocycles. The van der Waals surface area contributed by atoms with Gasteiger partial charge < -0.3 is 29.2 Å². The lowest BCUT2D eigenvalue weighted by atomic mass is 9.52. The Morgan fingerprint density at radius 1 is 1.07 bits per heavy atom. The second-order valence-electron chi connectivity index (χ2n) is 11.9. The molecule has 3 fully saturated rings. The molecule has 2 saturated carbocycles. The number of carbonyl (C=O) groups excluding carboxylic acids is 4. The Hall–Kier alpha value is -2.17. The van der Waals surface area contributed by atoms with Gasteiger partial charge in [-0.05, 0) is 46.0 Å². The summed E-state index contributed by atoms with van der Waals surface area (Å²) in [6.07, 6.45) is -2.98. The molecule has 0 radical (unpaired) electrons. The van der Waals surface area contributed by atoms with Gasteiger partial charge in [-0.25, -0.2) is 0 Å². The van der Waals surface area contributed by atoms with Gasteiger partial charge in [-0.15, -0.1) is 11.6 Å². The van der Waals surface area contributed by atoms with Gasteiger partial charge in [0.05, 0.1) is 11.3 Å². The first kappa shape index (κ1) is 32.3. The minimum absolute atomic E-state index is 0.0999. The molecule has 0 aromatic rings. The molecule has 40 heavy (non-hydrogen) atoms. The molecule has 10 nitrogen and oxygen atoms in total. The third kappa shape index (κ3) is 5.63. The van der Waals surface area contributed by atoms with Crippen LogP contribution in [-0.2, 0) is 38.1 Å². The second-order valence-corrected chi connectivity index (χ2v) is 12.4. The molecular formula is C29H43ClO10. The molecule has 3 rings (SSSR count). The normalized spacial score (nSPS) is 41.7. The van der Waals surface area contributed by atoms with Crippen LogP contribution in [0, 0.1) is 17.3 Å². The van der Waals surface area contributed by atoms with E-state index < -0.39 is 82.1 Å². The van der Waals surface area contributed by atoms with Crippen LogP contribution in [0.2, 0.25) is 0 Å². The van der Waals surface area contributed by atoms with Crippen molar-refractivity contribution in [3.05, 3.63) is 12.2 Å². The summed E-state index contributed by atoms with van der Waals surface area (Å²) in [6.45, 7) is 13.4. The highest BCUT2D eigenvalue weighted by Crippen LogP contribution is 2.58. The topological polar surface area (TPSA) is 146 Å². The van der Waals surface area contributed by atoms with Gasteiger partial charge in [0.2, 0.25) is 0 Å². The molecule has 2 N–H and O–H groups in total. The third-order valence-corrected chi connectivity index (χ3v) is 9.68. The van der Waals surface area contributed by atoms with Crippen LogP contribution in [-0.4, -0.2) is 75.1 Å². The van der Waals surface area contributed by atoms with E-state index in [1.165, 1.54) is 13.8 Å². The van der Waals surface area contributed by atoms with Crippen molar-refractivity contribution in [1.29, 1.82) is 0 Å². The maximum absolute atomic E-state index is 12.9. The van der Waals surface area contributed by atoms with Crippen molar-refractivity contribution in [1.82, 2.24) is 0 Å². The van der Waals surface area contributed by atoms with E-state index in [1.54, 1.807) is 13.8 Å². The van der Waals surface area contributed by atoms with Crippen molar-refractivity contribution in [3.63, 3.8) is 0 Å². The molecule has 0 aromatic heterocycles. The van der Waals surface area contributed by atoms with Crippen LogP contribution in [0.1, 0.15) is 86.5 Å². The Morgan fingerprint density at radius 3 is 2.27 bits per heavy atom. The maximum Gasteiger partial charge on any atom is 0.312 e. The average molecular weight is 587 g/mol. The highest BCUT2D eigenvalue weighted by molar-refractivity contribution is 6.23. The van der Waals surface area contributed by atoms with E-state index in [-0.39, 0.29) is 38.5 Å². The number of alkyl halides is 1. The van der Waals surface area contributed by atoms with Crippen molar-refractivity contribution in [2.75, 3.05) is 0 Å². The van der Waals surface area contributed by atoms with Crippen LogP contribution >= 0.6 is 11.6 Å². The summed E-state index contributed by atoms with van der Waals surface area (Å²) in [5.74, 6) is -4.91. The van der Waals surface area contributed by atoms with Crippen LogP contribution in [0.4, 0.5) is 0 Å². The van der Waals surface area contributed by atoms with Crippen molar-refractivity contribution in [2.45, 2.75) is 127 Å². The van der Waals surface area contributed by atoms with E-state index in [0.717, 1.165) is 6.92 Å². The molecule has 1 unspecified atom stereocenters. The van der Waals surface area contributed by atoms with Gasteiger partial charge >= 0.3 is 23.9 Å². The predicted molar refractivity (Wildman–Crippen MR) is 144 cm³/mol. The number of rotatable bonds is 6. The van der Waals surface area contributed by atoms with E-state index >= 15 is 0 Å². The minimum Gasteiger partial charge on any atom is -0.462 e. The van der Waals surface area contributed by atoms with Gasteiger partial charge in [0.25, 0.3) is 0 Å². The molecule has 226 valence electrons. The number of aliphatic hydroxyl groups is 2. The van der Waals surface area contributed by atoms with E-state index in [1.807, 2.05) is 6.92 Å². The number of carbonyl (C=O) groups is 4. The quantitative estimate of drug-likeness (QED) is 0.205. The molecular weight excluding hydrogens is 544 g/mol. The lowest BCUT2D eigenvalue weighted by Gasteiger charge is -2.59. The lowest BCUT2D eigenvalue weighted by molar-refractivity contribution is -0.269. The highest BCUT2D eigenvalue weighted by atomic mass is 35.5. The average Bonchev–Trinajstić information content (AvgIpc) is 3.10. The number of halogens is 1. The molecule has 1 heterocycles. The Bertz CT molecular complexity index is 1030. The first-order chi connectivity index (χ1) is 18.5. The fourth-order valence-corrected chi connectivity index (χ4v) is 7.23. The van der Waals surface area contributed by atoms with Crippen LogP contribution in [0.5, 0.6) is 0 Å². The Morgan fingerprint density at radius 2 is 1.70 bits per heavy atom. The maximum atomic E-state index is 12.9. The second kappa shape index (κ2) is 12.0. The molecule has 10 atom stereocenters. The number of hydrogen-bond acceptors (Lipinski definition) is 10. The smallest absolute Gasteiger partial charge is 0.312 e. The summed E-state index contributed by atoms with van der Waals surface area (Å²) in [5.41, 5.74) is -4.79. The Kier molecular flexibility index (Phi) is 9.69. The molecule has 1 saturated heterocycles. The first-order valence-corrected chi connectivity index (χ1v) is 14.5. The van der Waals surface area contributed by atoms with E-state index in [4.69, 9.17) is 30.5 Å². The van der Waals surface area contributed by atoms with Crippen molar-refractivity contribution in [2.24, 2.45) is 17.3 Å². The largest absolute Gasteiger partial charge is 0.462 e. The minimum atomic E-state index is -2.21. The highest BCUT2D eigenvalue weighted by Gasteiger charge is 2.71. The molecule has 3 aliphatic rings. The lowest BCUT2D eigenvalue weighted by Crippen LogP contribution is -2.71. The van der Waals surface area contributed by atoms with Gasteiger partial charge in [-0.2, -0.15) is 0 Å². The van der Waals surface area contributed by atoms with Gasteiger partial charge in [0, 0.05) is 31.1 Å². The first-order valence-electron chi connectivity index (χ1n) is 14.1. The number of fused-ring (bicyclic) bond motifs is 2. The molecule has 0 bridgehead atoms. The van der Waals surface area contributed by atoms with E-state index in [9.17, 15) is 29.4 Å². The van der Waals surface area contributed by atoms with Crippen LogP contribution < -0.4 is 0 Å². The Balaban J connectivity index is 2.31. The van der Waals surface area contributed by atoms with Gasteiger partial charge in [-0.1, -0.05) is 32.9 Å². The summed E-state index contributed by atoms with van der Waals surface area (Å²) in [7, 11) is 0. The van der Waals surface area contributed by atoms with Gasteiger partial charge in [0.1, 0.15) is 23.9 Å². The standard InChI is InChI=1S/C29H43ClO10/c1-8-10-21(33)39-19-13-14-27(6)18(38-20(32)9-2)12-11-15(3)22(30)24-29(36,16(4)26(34)40-24)25(37-17(5)31)23(27)28(19,7)35/h16,18-19,22-25,35-36H,3,8-14H2,1-2,4-7H3/t16-,18-,19-,22?,23+,24-,25+,27+,28+,29-/m0/s1. The summed E-state index contributed by atoms with van der Waals surface area (Å²) < 4.78 is 23.1. The molecule has 0 amide bonds. The third-order valence-electron chi connectivity index (χ3n) is 9.14. The SMILES string of the molecule is C=C1CC[C@H](OC(=O)CC)[C@@]2(C)CC[C@H](OC(=O)CCC)[C@@](C)(O)[C@@H]2[C@@H](OC(C)=O)[C@]2(O)[C@@H](C)C(=O)O[C@H]2C1Cl.